The number of aromatic hydroxyl groups is 1. The standard InChI is InChI=1S/C14H20N2O3/c1-9(16-12-4-3-7-15-14(12)18)11-6-5-10(19-2)8-13(11)17/h5-6,8-9,12,16-17H,3-4,7H2,1-2H3,(H,15,18). The van der Waals surface area contributed by atoms with Crippen LogP contribution >= 0.6 is 0 Å². The Morgan fingerprint density at radius 2 is 2.32 bits per heavy atom. The molecule has 0 aliphatic carbocycles. The van der Waals surface area contributed by atoms with E-state index in [2.05, 4.69) is 10.6 Å². The largest absolute Gasteiger partial charge is 0.507 e. The Morgan fingerprint density at radius 3 is 2.95 bits per heavy atom. The van der Waals surface area contributed by atoms with Crippen LogP contribution < -0.4 is 15.4 Å². The molecule has 5 nitrogen and oxygen atoms in total. The summed E-state index contributed by atoms with van der Waals surface area (Å²) in [5, 5.41) is 16.1. The molecule has 1 aromatic carbocycles. The molecule has 1 aromatic rings. The third kappa shape index (κ3) is 3.17. The maximum absolute atomic E-state index is 11.7. The molecule has 1 heterocycles. The lowest BCUT2D eigenvalue weighted by atomic mass is 10.0. The third-order valence-electron chi connectivity index (χ3n) is 3.44. The maximum atomic E-state index is 11.7. The zero-order valence-electron chi connectivity index (χ0n) is 11.3. The molecule has 0 saturated carbocycles. The van der Waals surface area contributed by atoms with Crippen molar-refractivity contribution in [3.8, 4) is 11.5 Å². The third-order valence-corrected chi connectivity index (χ3v) is 3.44. The van der Waals surface area contributed by atoms with Crippen molar-refractivity contribution in [1.29, 1.82) is 0 Å². The Labute approximate surface area is 113 Å². The van der Waals surface area contributed by atoms with Gasteiger partial charge in [0.1, 0.15) is 11.5 Å². The molecular formula is C14H20N2O3. The zero-order chi connectivity index (χ0) is 13.8. The summed E-state index contributed by atoms with van der Waals surface area (Å²) < 4.78 is 5.05. The summed E-state index contributed by atoms with van der Waals surface area (Å²) in [6.07, 6.45) is 1.80. The van der Waals surface area contributed by atoms with E-state index in [0.717, 1.165) is 24.9 Å². The van der Waals surface area contributed by atoms with Gasteiger partial charge in [-0.1, -0.05) is 6.07 Å². The minimum Gasteiger partial charge on any atom is -0.507 e. The van der Waals surface area contributed by atoms with Crippen LogP contribution in [0.3, 0.4) is 0 Å². The topological polar surface area (TPSA) is 70.6 Å². The molecule has 0 aromatic heterocycles. The lowest BCUT2D eigenvalue weighted by Crippen LogP contribution is -2.48. The van der Waals surface area contributed by atoms with Crippen molar-refractivity contribution in [1.82, 2.24) is 10.6 Å². The summed E-state index contributed by atoms with van der Waals surface area (Å²) >= 11 is 0. The first-order valence-corrected chi connectivity index (χ1v) is 6.52. The van der Waals surface area contributed by atoms with E-state index in [1.54, 1.807) is 19.2 Å². The van der Waals surface area contributed by atoms with Crippen LogP contribution in [0.5, 0.6) is 11.5 Å². The fourth-order valence-corrected chi connectivity index (χ4v) is 2.34. The Balaban J connectivity index is 2.06. The summed E-state index contributed by atoms with van der Waals surface area (Å²) in [6, 6.07) is 4.90. The Bertz CT molecular complexity index is 462. The minimum atomic E-state index is -0.190. The van der Waals surface area contributed by atoms with Gasteiger partial charge in [-0.15, -0.1) is 0 Å². The highest BCUT2D eigenvalue weighted by molar-refractivity contribution is 5.82. The maximum Gasteiger partial charge on any atom is 0.237 e. The molecule has 2 rings (SSSR count). The lowest BCUT2D eigenvalue weighted by Gasteiger charge is -2.26. The van der Waals surface area contributed by atoms with Crippen LogP contribution in [0.25, 0.3) is 0 Å². The number of piperidine rings is 1. The lowest BCUT2D eigenvalue weighted by molar-refractivity contribution is -0.124. The van der Waals surface area contributed by atoms with Crippen molar-refractivity contribution < 1.29 is 14.6 Å². The number of amides is 1. The van der Waals surface area contributed by atoms with E-state index in [9.17, 15) is 9.90 Å². The molecule has 3 N–H and O–H groups in total. The average Bonchev–Trinajstić information content (AvgIpc) is 2.41. The molecular weight excluding hydrogens is 244 g/mol. The van der Waals surface area contributed by atoms with Gasteiger partial charge in [-0.05, 0) is 25.8 Å². The smallest absolute Gasteiger partial charge is 0.237 e. The molecule has 2 unspecified atom stereocenters. The van der Waals surface area contributed by atoms with Gasteiger partial charge >= 0.3 is 0 Å². The number of benzene rings is 1. The Kier molecular flexibility index (Phi) is 4.27. The number of ether oxygens (including phenoxy) is 1. The number of carbonyl (C=O) groups excluding carboxylic acids is 1. The summed E-state index contributed by atoms with van der Waals surface area (Å²) in [6.45, 7) is 2.68. The fourth-order valence-electron chi connectivity index (χ4n) is 2.34. The van der Waals surface area contributed by atoms with E-state index in [1.807, 2.05) is 13.0 Å². The van der Waals surface area contributed by atoms with Crippen LogP contribution in [0.1, 0.15) is 31.4 Å². The average molecular weight is 264 g/mol. The van der Waals surface area contributed by atoms with Gasteiger partial charge in [0, 0.05) is 24.2 Å². The van der Waals surface area contributed by atoms with Crippen LogP contribution in [-0.4, -0.2) is 30.7 Å². The number of carbonyl (C=O) groups is 1. The Hall–Kier alpha value is -1.75. The van der Waals surface area contributed by atoms with Crippen molar-refractivity contribution in [2.45, 2.75) is 31.8 Å². The van der Waals surface area contributed by atoms with E-state index in [0.29, 0.717) is 5.75 Å². The number of hydrogen-bond donors (Lipinski definition) is 3. The molecule has 1 fully saturated rings. The summed E-state index contributed by atoms with van der Waals surface area (Å²) in [5.74, 6) is 0.825. The molecule has 2 atom stereocenters. The molecule has 1 aliphatic heterocycles. The van der Waals surface area contributed by atoms with Crippen LogP contribution in [-0.2, 0) is 4.79 Å². The van der Waals surface area contributed by atoms with Gasteiger partial charge in [-0.2, -0.15) is 0 Å². The first kappa shape index (κ1) is 13.7. The van der Waals surface area contributed by atoms with Crippen molar-refractivity contribution >= 4 is 5.91 Å². The summed E-state index contributed by atoms with van der Waals surface area (Å²) in [7, 11) is 1.56. The highest BCUT2D eigenvalue weighted by atomic mass is 16.5. The number of methoxy groups -OCH3 is 1. The Morgan fingerprint density at radius 1 is 1.53 bits per heavy atom. The number of phenols is 1. The van der Waals surface area contributed by atoms with Gasteiger partial charge in [-0.25, -0.2) is 0 Å². The molecule has 0 bridgehead atoms. The fraction of sp³-hybridized carbons (Fsp3) is 0.500. The second-order valence-electron chi connectivity index (χ2n) is 4.80. The van der Waals surface area contributed by atoms with Gasteiger partial charge in [-0.3, -0.25) is 10.1 Å². The minimum absolute atomic E-state index is 0.0334. The van der Waals surface area contributed by atoms with Crippen molar-refractivity contribution in [3.63, 3.8) is 0 Å². The van der Waals surface area contributed by atoms with E-state index in [1.165, 1.54) is 0 Å². The highest BCUT2D eigenvalue weighted by Crippen LogP contribution is 2.28. The van der Waals surface area contributed by atoms with Gasteiger partial charge in [0.15, 0.2) is 0 Å². The number of phenolic OH excluding ortho intramolecular Hbond substituents is 1. The summed E-state index contributed by atoms with van der Waals surface area (Å²) in [4.78, 5) is 11.7. The molecule has 5 heteroatoms. The molecule has 0 spiro atoms. The van der Waals surface area contributed by atoms with Crippen molar-refractivity contribution in [3.05, 3.63) is 23.8 Å². The van der Waals surface area contributed by atoms with Crippen LogP contribution in [0.4, 0.5) is 0 Å². The predicted molar refractivity (Wildman–Crippen MR) is 72.2 cm³/mol. The van der Waals surface area contributed by atoms with Crippen molar-refractivity contribution in [2.24, 2.45) is 0 Å². The molecule has 0 radical (unpaired) electrons. The van der Waals surface area contributed by atoms with Gasteiger partial charge in [0.25, 0.3) is 0 Å². The second kappa shape index (κ2) is 5.93. The zero-order valence-corrected chi connectivity index (χ0v) is 11.3. The first-order chi connectivity index (χ1) is 9.11. The van der Waals surface area contributed by atoms with Crippen LogP contribution in [0, 0.1) is 0 Å². The molecule has 19 heavy (non-hydrogen) atoms. The van der Waals surface area contributed by atoms with Crippen LogP contribution in [0.15, 0.2) is 18.2 Å². The monoisotopic (exact) mass is 264 g/mol. The molecule has 1 saturated heterocycles. The second-order valence-corrected chi connectivity index (χ2v) is 4.80. The molecule has 104 valence electrons. The number of rotatable bonds is 4. The molecule has 1 amide bonds. The van der Waals surface area contributed by atoms with Gasteiger partial charge in [0.2, 0.25) is 5.91 Å². The van der Waals surface area contributed by atoms with E-state index >= 15 is 0 Å². The number of hydrogen-bond acceptors (Lipinski definition) is 4. The highest BCUT2D eigenvalue weighted by Gasteiger charge is 2.24. The van der Waals surface area contributed by atoms with E-state index < -0.39 is 0 Å². The van der Waals surface area contributed by atoms with Gasteiger partial charge < -0.3 is 15.2 Å². The van der Waals surface area contributed by atoms with Crippen LogP contribution in [0.2, 0.25) is 0 Å². The molecule has 1 aliphatic rings. The van der Waals surface area contributed by atoms with E-state index in [-0.39, 0.29) is 23.7 Å². The normalized spacial score (nSPS) is 20.7. The number of nitrogens with one attached hydrogen (secondary N) is 2. The predicted octanol–water partition coefficient (Wildman–Crippen LogP) is 1.33. The summed E-state index contributed by atoms with van der Waals surface area (Å²) in [5.41, 5.74) is 0.763. The van der Waals surface area contributed by atoms with Crippen molar-refractivity contribution in [2.75, 3.05) is 13.7 Å². The SMILES string of the molecule is COc1ccc(C(C)NC2CCCNC2=O)c(O)c1. The van der Waals surface area contributed by atoms with Gasteiger partial charge in [0.05, 0.1) is 13.2 Å². The van der Waals surface area contributed by atoms with E-state index in [4.69, 9.17) is 4.74 Å². The quantitative estimate of drug-likeness (QED) is 0.767. The first-order valence-electron chi connectivity index (χ1n) is 6.52.